The number of pyridine rings is 2. The average molecular weight is 595 g/mol. The average Bonchev–Trinajstić information content (AvgIpc) is 3.18. The number of nitrogens with two attached hydrogens (primary N) is 1. The largest absolute Gasteiger partial charge is 0.444 e. The molecule has 220 valence electrons. The van der Waals surface area contributed by atoms with Crippen LogP contribution < -0.4 is 16.4 Å². The third-order valence-electron chi connectivity index (χ3n) is 6.74. The zero-order valence-electron chi connectivity index (χ0n) is 24.0. The summed E-state index contributed by atoms with van der Waals surface area (Å²) in [4.78, 5) is 35.7. The molecule has 3 aromatic heterocycles. The van der Waals surface area contributed by atoms with Crippen molar-refractivity contribution in [2.75, 3.05) is 22.9 Å². The number of ether oxygens (including phenoxy) is 1. The maximum Gasteiger partial charge on any atom is 0.412 e. The number of nitrogens with zero attached hydrogens (tertiary/aromatic N) is 5. The van der Waals surface area contributed by atoms with Crippen LogP contribution in [0.5, 0.6) is 0 Å². The molecule has 0 saturated heterocycles. The van der Waals surface area contributed by atoms with Crippen molar-refractivity contribution in [3.63, 3.8) is 0 Å². The molecule has 5 rings (SSSR count). The van der Waals surface area contributed by atoms with Crippen LogP contribution in [-0.2, 0) is 22.5 Å². The monoisotopic (exact) mass is 594 g/mol. The third-order valence-corrected chi connectivity index (χ3v) is 7.16. The highest BCUT2D eigenvalue weighted by Gasteiger charge is 2.25. The molecule has 0 spiro atoms. The Balaban J connectivity index is 1.53. The van der Waals surface area contributed by atoms with Crippen molar-refractivity contribution in [2.24, 2.45) is 0 Å². The summed E-state index contributed by atoms with van der Waals surface area (Å²) in [5.41, 5.74) is 6.46. The Bertz CT molecular complexity index is 1700. The van der Waals surface area contributed by atoms with Crippen LogP contribution in [0, 0.1) is 5.82 Å². The maximum atomic E-state index is 16.0. The van der Waals surface area contributed by atoms with Crippen molar-refractivity contribution in [2.45, 2.75) is 59.2 Å². The lowest BCUT2D eigenvalue weighted by Crippen LogP contribution is -2.38. The van der Waals surface area contributed by atoms with E-state index in [0.29, 0.717) is 35.4 Å². The van der Waals surface area contributed by atoms with Gasteiger partial charge in [0.25, 0.3) is 0 Å². The van der Waals surface area contributed by atoms with E-state index in [1.54, 1.807) is 37.6 Å². The molecule has 11 nitrogen and oxygen atoms in total. The molecule has 4 aromatic rings. The molecule has 42 heavy (non-hydrogen) atoms. The van der Waals surface area contributed by atoms with E-state index in [2.05, 4.69) is 25.7 Å². The summed E-state index contributed by atoms with van der Waals surface area (Å²) in [6.07, 6.45) is 4.06. The van der Waals surface area contributed by atoms with E-state index in [4.69, 9.17) is 22.1 Å². The second-order valence-electron chi connectivity index (χ2n) is 11.4. The number of nitrogen functional groups attached to an aromatic ring is 1. The van der Waals surface area contributed by atoms with Crippen LogP contribution in [0.25, 0.3) is 21.9 Å². The first-order chi connectivity index (χ1) is 19.8. The van der Waals surface area contributed by atoms with Gasteiger partial charge in [-0.25, -0.2) is 14.2 Å². The van der Waals surface area contributed by atoms with Crippen molar-refractivity contribution in [1.82, 2.24) is 24.6 Å². The van der Waals surface area contributed by atoms with Gasteiger partial charge in [-0.05, 0) is 52.1 Å². The summed E-state index contributed by atoms with van der Waals surface area (Å²) in [5, 5.41) is 11.3. The Kier molecular flexibility index (Phi) is 7.67. The van der Waals surface area contributed by atoms with Gasteiger partial charge in [0, 0.05) is 59.7 Å². The summed E-state index contributed by atoms with van der Waals surface area (Å²) >= 11 is 6.43. The van der Waals surface area contributed by atoms with Gasteiger partial charge < -0.3 is 20.7 Å². The second kappa shape index (κ2) is 11.1. The minimum atomic E-state index is -0.830. The molecule has 0 aliphatic carbocycles. The number of hydrogen-bond donors (Lipinski definition) is 3. The van der Waals surface area contributed by atoms with Crippen LogP contribution >= 0.6 is 11.6 Å². The van der Waals surface area contributed by atoms with Crippen LogP contribution in [-0.4, -0.2) is 54.8 Å². The molecule has 0 saturated carbocycles. The normalized spacial score (nSPS) is 13.7. The number of carbonyl (C=O) groups excluding carboxylic acids is 2. The van der Waals surface area contributed by atoms with E-state index in [9.17, 15) is 9.59 Å². The maximum absolute atomic E-state index is 16.0. The van der Waals surface area contributed by atoms with Gasteiger partial charge in [0.2, 0.25) is 5.91 Å². The topological polar surface area (TPSA) is 140 Å². The zero-order valence-corrected chi connectivity index (χ0v) is 24.7. The van der Waals surface area contributed by atoms with Gasteiger partial charge in [0.05, 0.1) is 22.6 Å². The Morgan fingerprint density at radius 1 is 1.14 bits per heavy atom. The Labute approximate surface area is 247 Å². The molecule has 4 heterocycles. The molecule has 1 aliphatic heterocycles. The smallest absolute Gasteiger partial charge is 0.412 e. The summed E-state index contributed by atoms with van der Waals surface area (Å²) in [6, 6.07) is 5.28. The van der Waals surface area contributed by atoms with Gasteiger partial charge in [-0.15, -0.1) is 0 Å². The summed E-state index contributed by atoms with van der Waals surface area (Å²) in [6.45, 7) is 9.87. The lowest BCUT2D eigenvalue weighted by Gasteiger charge is -2.24. The highest BCUT2D eigenvalue weighted by molar-refractivity contribution is 6.35. The van der Waals surface area contributed by atoms with E-state index in [0.717, 1.165) is 5.69 Å². The van der Waals surface area contributed by atoms with E-state index >= 15 is 4.39 Å². The van der Waals surface area contributed by atoms with E-state index in [-0.39, 0.29) is 46.0 Å². The second-order valence-corrected chi connectivity index (χ2v) is 11.7. The van der Waals surface area contributed by atoms with Crippen LogP contribution in [0.15, 0.2) is 36.8 Å². The number of benzene rings is 1. The standard InChI is InChI=1S/C29H32ClFN8O3/c1-15(2)38-7-6-17-10-23(37-39(17)14-24(38)40)35-22-9-16-8-18(20-11-33-13-21(32)25(20)30)26(31)27(19(16)12-34-22)36-28(41)42-29(3,4)5/h8-13,15H,6-7,14,32H2,1-5H3,(H,36,41)(H,34,35,37). The van der Waals surface area contributed by atoms with Crippen LogP contribution in [0.3, 0.4) is 0 Å². The number of halogens is 2. The summed E-state index contributed by atoms with van der Waals surface area (Å²) in [7, 11) is 0. The highest BCUT2D eigenvalue weighted by Crippen LogP contribution is 2.39. The first-order valence-electron chi connectivity index (χ1n) is 13.5. The van der Waals surface area contributed by atoms with Crippen LogP contribution in [0.1, 0.15) is 40.3 Å². The predicted octanol–water partition coefficient (Wildman–Crippen LogP) is 5.75. The lowest BCUT2D eigenvalue weighted by atomic mass is 10.0. The fourth-order valence-corrected chi connectivity index (χ4v) is 5.02. The molecular formula is C29H32ClFN8O3. The molecule has 0 radical (unpaired) electrons. The van der Waals surface area contributed by atoms with Crippen molar-refractivity contribution < 1.29 is 18.7 Å². The Hall–Kier alpha value is -4.45. The first-order valence-corrected chi connectivity index (χ1v) is 13.8. The number of hydrogen-bond acceptors (Lipinski definition) is 8. The number of anilines is 4. The molecule has 4 N–H and O–H groups in total. The van der Waals surface area contributed by atoms with Gasteiger partial charge in [-0.3, -0.25) is 19.8 Å². The Morgan fingerprint density at radius 3 is 2.62 bits per heavy atom. The summed E-state index contributed by atoms with van der Waals surface area (Å²) < 4.78 is 23.1. The van der Waals surface area contributed by atoms with Crippen molar-refractivity contribution in [1.29, 1.82) is 0 Å². The van der Waals surface area contributed by atoms with Gasteiger partial charge in [-0.2, -0.15) is 5.10 Å². The van der Waals surface area contributed by atoms with E-state index in [1.807, 2.05) is 24.8 Å². The van der Waals surface area contributed by atoms with Gasteiger partial charge >= 0.3 is 6.09 Å². The SMILES string of the molecule is CC(C)N1CCc2cc(Nc3cc4cc(-c5cncc(N)c5Cl)c(F)c(NC(=O)OC(C)(C)C)c4cn3)nn2CC1=O. The van der Waals surface area contributed by atoms with Crippen LogP contribution in [0.4, 0.5) is 32.2 Å². The van der Waals surface area contributed by atoms with Crippen LogP contribution in [0.2, 0.25) is 5.02 Å². The van der Waals surface area contributed by atoms with Gasteiger partial charge in [0.1, 0.15) is 18.0 Å². The summed E-state index contributed by atoms with van der Waals surface area (Å²) in [5.74, 6) is 0.197. The fourth-order valence-electron chi connectivity index (χ4n) is 4.82. The highest BCUT2D eigenvalue weighted by atomic mass is 35.5. The predicted molar refractivity (Wildman–Crippen MR) is 160 cm³/mol. The third kappa shape index (κ3) is 5.94. The molecule has 2 amide bonds. The number of amides is 2. The number of fused-ring (bicyclic) bond motifs is 2. The minimum absolute atomic E-state index is 0.0107. The zero-order chi connectivity index (χ0) is 30.3. The first kappa shape index (κ1) is 29.1. The quantitative estimate of drug-likeness (QED) is 0.265. The van der Waals surface area contributed by atoms with Crippen molar-refractivity contribution in [3.8, 4) is 11.1 Å². The van der Waals surface area contributed by atoms with Gasteiger partial charge in [-0.1, -0.05) is 11.6 Å². The Morgan fingerprint density at radius 2 is 1.90 bits per heavy atom. The lowest BCUT2D eigenvalue weighted by molar-refractivity contribution is -0.133. The molecule has 1 aromatic carbocycles. The van der Waals surface area contributed by atoms with Crippen molar-refractivity contribution in [3.05, 3.63) is 53.3 Å². The number of nitrogens with one attached hydrogen (secondary N) is 2. The van der Waals surface area contributed by atoms with Crippen molar-refractivity contribution >= 4 is 57.4 Å². The molecule has 13 heteroatoms. The number of aromatic nitrogens is 4. The fraction of sp³-hybridized carbons (Fsp3) is 0.345. The molecule has 0 atom stereocenters. The molecule has 1 aliphatic rings. The number of carbonyl (C=O) groups is 2. The molecule has 0 bridgehead atoms. The minimum Gasteiger partial charge on any atom is -0.444 e. The van der Waals surface area contributed by atoms with E-state index in [1.165, 1.54) is 18.6 Å². The molecule has 0 unspecified atom stereocenters. The molecular weight excluding hydrogens is 563 g/mol. The number of rotatable bonds is 5. The molecule has 0 fully saturated rings. The van der Waals surface area contributed by atoms with Gasteiger partial charge in [0.15, 0.2) is 11.6 Å². The van der Waals surface area contributed by atoms with E-state index < -0.39 is 17.5 Å².